The average Bonchev–Trinajstić information content (AvgIpc) is 3.50. The van der Waals surface area contributed by atoms with Gasteiger partial charge in [-0.05, 0) is 81.6 Å². The Hall–Kier alpha value is -6.82. The zero-order chi connectivity index (χ0) is 35.6. The van der Waals surface area contributed by atoms with Gasteiger partial charge in [-0.25, -0.2) is 15.0 Å². The molecule has 54 heavy (non-hydrogen) atoms. The molecule has 3 heterocycles. The number of hydrogen-bond acceptors (Lipinski definition) is 4. The molecule has 1 aliphatic heterocycles. The molecule has 0 atom stereocenters. The van der Waals surface area contributed by atoms with Gasteiger partial charge in [-0.1, -0.05) is 145 Å². The lowest BCUT2D eigenvalue weighted by atomic mass is 9.93. The van der Waals surface area contributed by atoms with Crippen LogP contribution in [0.4, 0.5) is 0 Å². The number of fused-ring (bicyclic) bond motifs is 10. The summed E-state index contributed by atoms with van der Waals surface area (Å²) < 4.78 is 2.42. The largest absolute Gasteiger partial charge is 0.309 e. The van der Waals surface area contributed by atoms with Gasteiger partial charge in [-0.15, -0.1) is 0 Å². The summed E-state index contributed by atoms with van der Waals surface area (Å²) in [6, 6.07) is 64.6. The maximum atomic E-state index is 4.99. The minimum absolute atomic E-state index is 0.640. The van der Waals surface area contributed by atoms with Crippen LogP contribution in [0.3, 0.4) is 0 Å². The van der Waals surface area contributed by atoms with Crippen LogP contribution in [0.15, 0.2) is 192 Å². The highest BCUT2D eigenvalue weighted by Crippen LogP contribution is 2.50. The highest BCUT2D eigenvalue weighted by Gasteiger charge is 2.24. The average molecular weight is 707 g/mol. The van der Waals surface area contributed by atoms with Gasteiger partial charge in [0.05, 0.1) is 11.0 Å². The van der Waals surface area contributed by atoms with Crippen LogP contribution < -0.4 is 0 Å². The van der Waals surface area contributed by atoms with Gasteiger partial charge < -0.3 is 4.57 Å². The fourth-order valence-corrected chi connectivity index (χ4v) is 9.05. The highest BCUT2D eigenvalue weighted by molar-refractivity contribution is 7.99. The van der Waals surface area contributed by atoms with Crippen molar-refractivity contribution in [1.29, 1.82) is 0 Å². The quantitative estimate of drug-likeness (QED) is 0.183. The van der Waals surface area contributed by atoms with E-state index in [1.54, 1.807) is 0 Å². The topological polar surface area (TPSA) is 43.6 Å². The van der Waals surface area contributed by atoms with Crippen molar-refractivity contribution in [2.45, 2.75) is 9.79 Å². The predicted molar refractivity (Wildman–Crippen MR) is 223 cm³/mol. The van der Waals surface area contributed by atoms with E-state index in [1.165, 1.54) is 64.6 Å². The van der Waals surface area contributed by atoms with E-state index in [9.17, 15) is 0 Å². The van der Waals surface area contributed by atoms with E-state index >= 15 is 0 Å². The Morgan fingerprint density at radius 2 is 0.926 bits per heavy atom. The Balaban J connectivity index is 1.12. The van der Waals surface area contributed by atoms with Crippen molar-refractivity contribution in [2.75, 3.05) is 0 Å². The molecule has 0 saturated heterocycles. The van der Waals surface area contributed by atoms with Gasteiger partial charge in [-0.3, -0.25) is 0 Å². The van der Waals surface area contributed by atoms with Crippen LogP contribution in [-0.4, -0.2) is 19.5 Å². The predicted octanol–water partition coefficient (Wildman–Crippen LogP) is 12.9. The molecule has 0 spiro atoms. The molecule has 0 fully saturated rings. The second-order valence-electron chi connectivity index (χ2n) is 13.6. The van der Waals surface area contributed by atoms with E-state index < -0.39 is 0 Å². The molecule has 0 radical (unpaired) electrons. The zero-order valence-corrected chi connectivity index (χ0v) is 29.8. The molecule has 1 aliphatic rings. The van der Waals surface area contributed by atoms with Crippen LogP contribution in [0.25, 0.3) is 94.7 Å². The minimum Gasteiger partial charge on any atom is -0.309 e. The van der Waals surface area contributed by atoms with Gasteiger partial charge in [0.15, 0.2) is 17.5 Å². The molecule has 0 amide bonds. The molecule has 8 aromatic carbocycles. The molecular weight excluding hydrogens is 677 g/mol. The van der Waals surface area contributed by atoms with Crippen LogP contribution in [0, 0.1) is 0 Å². The molecule has 0 unspecified atom stereocenters. The molecule has 0 N–H and O–H groups in total. The first kappa shape index (κ1) is 30.8. The van der Waals surface area contributed by atoms with Crippen LogP contribution in [0.5, 0.6) is 0 Å². The zero-order valence-electron chi connectivity index (χ0n) is 29.0. The number of hydrogen-bond donors (Lipinski definition) is 0. The van der Waals surface area contributed by atoms with Gasteiger partial charge in [0, 0.05) is 42.9 Å². The first-order valence-corrected chi connectivity index (χ1v) is 18.9. The molecular formula is C49H30N4S. The van der Waals surface area contributed by atoms with Crippen LogP contribution in [-0.2, 0) is 0 Å². The van der Waals surface area contributed by atoms with E-state index in [0.29, 0.717) is 17.5 Å². The van der Waals surface area contributed by atoms with Crippen LogP contribution in [0.1, 0.15) is 0 Å². The van der Waals surface area contributed by atoms with Crippen molar-refractivity contribution < 1.29 is 0 Å². The Bertz CT molecular complexity index is 3000. The smallest absolute Gasteiger partial charge is 0.164 e. The Kier molecular flexibility index (Phi) is 7.07. The Morgan fingerprint density at radius 3 is 1.61 bits per heavy atom. The SMILES string of the molecule is c1ccc(-c2nc(-c3ccccc3)nc(-c3ccc(-n4c5cc6c(cc5c5c7ccccc7ccc54)-c4ccccc4-c4ccccc4S6)cc3)n2)cc1. The number of nitrogens with zero attached hydrogens (tertiary/aromatic N) is 4. The maximum absolute atomic E-state index is 4.99. The summed E-state index contributed by atoms with van der Waals surface area (Å²) in [5.74, 6) is 1.94. The molecule has 0 aliphatic carbocycles. The summed E-state index contributed by atoms with van der Waals surface area (Å²) in [6.45, 7) is 0. The summed E-state index contributed by atoms with van der Waals surface area (Å²) in [5.41, 5.74) is 11.3. The monoisotopic (exact) mass is 706 g/mol. The van der Waals surface area contributed by atoms with Crippen LogP contribution >= 0.6 is 11.8 Å². The second-order valence-corrected chi connectivity index (χ2v) is 14.7. The van der Waals surface area contributed by atoms with Gasteiger partial charge >= 0.3 is 0 Å². The van der Waals surface area contributed by atoms with Crippen LogP contribution in [0.2, 0.25) is 0 Å². The fraction of sp³-hybridized carbons (Fsp3) is 0. The van der Waals surface area contributed by atoms with Crippen molar-refractivity contribution in [2.24, 2.45) is 0 Å². The van der Waals surface area contributed by atoms with Gasteiger partial charge in [0.2, 0.25) is 0 Å². The van der Waals surface area contributed by atoms with E-state index in [4.69, 9.17) is 15.0 Å². The van der Waals surface area contributed by atoms with E-state index in [2.05, 4.69) is 126 Å². The van der Waals surface area contributed by atoms with Crippen molar-refractivity contribution in [1.82, 2.24) is 19.5 Å². The van der Waals surface area contributed by atoms with Gasteiger partial charge in [-0.2, -0.15) is 0 Å². The van der Waals surface area contributed by atoms with E-state index in [0.717, 1.165) is 22.4 Å². The van der Waals surface area contributed by atoms with Gasteiger partial charge in [0.25, 0.3) is 0 Å². The second kappa shape index (κ2) is 12.4. The molecule has 0 saturated carbocycles. The summed E-state index contributed by atoms with van der Waals surface area (Å²) in [7, 11) is 0. The molecule has 0 bridgehead atoms. The molecule has 252 valence electrons. The van der Waals surface area contributed by atoms with E-state index in [1.807, 2.05) is 72.4 Å². The Morgan fingerprint density at radius 1 is 0.370 bits per heavy atom. The third-order valence-corrected chi connectivity index (χ3v) is 11.6. The fourth-order valence-electron chi connectivity index (χ4n) is 7.93. The number of aromatic nitrogens is 4. The highest BCUT2D eigenvalue weighted by atomic mass is 32.2. The van der Waals surface area contributed by atoms with Gasteiger partial charge in [0.1, 0.15) is 0 Å². The first-order valence-electron chi connectivity index (χ1n) is 18.1. The molecule has 11 rings (SSSR count). The lowest BCUT2D eigenvalue weighted by molar-refractivity contribution is 1.07. The normalized spacial score (nSPS) is 12.0. The van der Waals surface area contributed by atoms with Crippen molar-refractivity contribution >= 4 is 44.3 Å². The van der Waals surface area contributed by atoms with Crippen molar-refractivity contribution in [3.05, 3.63) is 182 Å². The standard InChI is InChI=1S/C49H30N4S/c1-3-14-32(15-4-1)47-50-48(33-16-5-2-6-17-33)52-49(51-47)34-23-26-35(27-24-34)53-42-28-25-31-13-7-8-18-36(31)46(42)41-29-40-38-20-10-9-19-37(38)39-21-11-12-22-44(39)54-45(40)30-43(41)53/h1-30H. The van der Waals surface area contributed by atoms with Crippen molar-refractivity contribution in [3.63, 3.8) is 0 Å². The summed E-state index contributed by atoms with van der Waals surface area (Å²) in [4.78, 5) is 17.4. The third kappa shape index (κ3) is 4.97. The maximum Gasteiger partial charge on any atom is 0.164 e. The third-order valence-electron chi connectivity index (χ3n) is 10.5. The lowest BCUT2D eigenvalue weighted by Gasteiger charge is -2.12. The summed E-state index contributed by atoms with van der Waals surface area (Å²) in [6.07, 6.45) is 0. The molecule has 5 heteroatoms. The minimum atomic E-state index is 0.640. The van der Waals surface area contributed by atoms with Crippen molar-refractivity contribution in [3.8, 4) is 62.1 Å². The summed E-state index contributed by atoms with van der Waals surface area (Å²) in [5, 5.41) is 4.98. The Labute approximate surface area is 316 Å². The lowest BCUT2D eigenvalue weighted by Crippen LogP contribution is -2.00. The molecule has 10 aromatic rings. The number of rotatable bonds is 4. The summed E-state index contributed by atoms with van der Waals surface area (Å²) >= 11 is 1.86. The molecule has 4 nitrogen and oxygen atoms in total. The van der Waals surface area contributed by atoms with E-state index in [-0.39, 0.29) is 0 Å². The molecule has 2 aromatic heterocycles. The number of benzene rings is 8. The first-order chi connectivity index (χ1) is 26.8.